The minimum atomic E-state index is -0.837. The van der Waals surface area contributed by atoms with Crippen LogP contribution in [0.2, 0.25) is 0 Å². The van der Waals surface area contributed by atoms with Gasteiger partial charge in [0.1, 0.15) is 18.5 Å². The second-order valence-electron chi connectivity index (χ2n) is 6.13. The van der Waals surface area contributed by atoms with E-state index in [0.717, 1.165) is 16.9 Å². The number of nitrogens with zero attached hydrogens (tertiary/aromatic N) is 1. The van der Waals surface area contributed by atoms with Crippen LogP contribution in [0.4, 0.5) is 0 Å². The summed E-state index contributed by atoms with van der Waals surface area (Å²) in [6.07, 6.45) is -0.837. The maximum Gasteiger partial charge on any atom is 0.264 e. The van der Waals surface area contributed by atoms with Crippen LogP contribution in [0.5, 0.6) is 5.75 Å². The predicted octanol–water partition coefficient (Wildman–Crippen LogP) is 1.99. The molecule has 0 spiro atoms. The topological polar surface area (TPSA) is 78.9 Å². The Morgan fingerprint density at radius 1 is 1.23 bits per heavy atom. The summed E-state index contributed by atoms with van der Waals surface area (Å²) < 4.78 is 5.67. The van der Waals surface area contributed by atoms with Crippen LogP contribution in [0, 0.1) is 13.8 Å². The third-order valence-electron chi connectivity index (χ3n) is 3.82. The van der Waals surface area contributed by atoms with Crippen LogP contribution in [0.25, 0.3) is 0 Å². The smallest absolute Gasteiger partial charge is 0.264 e. The number of thiophene rings is 1. The van der Waals surface area contributed by atoms with E-state index in [0.29, 0.717) is 4.88 Å². The van der Waals surface area contributed by atoms with Gasteiger partial charge in [0.25, 0.3) is 5.91 Å². The summed E-state index contributed by atoms with van der Waals surface area (Å²) in [6.45, 7) is 3.95. The summed E-state index contributed by atoms with van der Waals surface area (Å²) in [6, 6.07) is 9.34. The molecule has 1 unspecified atom stereocenters. The largest absolute Gasteiger partial charge is 0.490 e. The van der Waals surface area contributed by atoms with E-state index in [1.165, 1.54) is 16.2 Å². The molecule has 0 saturated carbocycles. The van der Waals surface area contributed by atoms with Crippen LogP contribution in [-0.2, 0) is 4.79 Å². The zero-order chi connectivity index (χ0) is 19.1. The number of aryl methyl sites for hydroxylation is 2. The third-order valence-corrected chi connectivity index (χ3v) is 4.68. The molecule has 0 aliphatic heterocycles. The van der Waals surface area contributed by atoms with E-state index >= 15 is 0 Å². The van der Waals surface area contributed by atoms with E-state index in [2.05, 4.69) is 5.32 Å². The molecule has 26 heavy (non-hydrogen) atoms. The molecule has 1 atom stereocenters. The summed E-state index contributed by atoms with van der Waals surface area (Å²) in [7, 11) is 1.57. The number of nitrogens with one attached hydrogen (secondary N) is 1. The van der Waals surface area contributed by atoms with Gasteiger partial charge in [-0.2, -0.15) is 0 Å². The highest BCUT2D eigenvalue weighted by Crippen LogP contribution is 2.22. The fraction of sp³-hybridized carbons (Fsp3) is 0.368. The molecule has 6 nitrogen and oxygen atoms in total. The summed E-state index contributed by atoms with van der Waals surface area (Å²) >= 11 is 1.33. The van der Waals surface area contributed by atoms with Crippen molar-refractivity contribution < 1.29 is 19.4 Å². The van der Waals surface area contributed by atoms with Gasteiger partial charge >= 0.3 is 0 Å². The lowest BCUT2D eigenvalue weighted by atomic mass is 10.1. The predicted molar refractivity (Wildman–Crippen MR) is 102 cm³/mol. The molecule has 0 aliphatic rings. The van der Waals surface area contributed by atoms with E-state index in [1.54, 1.807) is 19.2 Å². The van der Waals surface area contributed by atoms with Crippen LogP contribution in [0.1, 0.15) is 20.8 Å². The first-order chi connectivity index (χ1) is 12.4. The van der Waals surface area contributed by atoms with E-state index in [1.807, 2.05) is 37.4 Å². The van der Waals surface area contributed by atoms with Crippen molar-refractivity contribution in [3.63, 3.8) is 0 Å². The van der Waals surface area contributed by atoms with Crippen molar-refractivity contribution in [2.75, 3.05) is 26.7 Å². The molecule has 2 amide bonds. The second-order valence-corrected chi connectivity index (χ2v) is 7.08. The van der Waals surface area contributed by atoms with Gasteiger partial charge in [-0.1, -0.05) is 24.3 Å². The van der Waals surface area contributed by atoms with Gasteiger partial charge in [0.2, 0.25) is 5.91 Å². The lowest BCUT2D eigenvalue weighted by Gasteiger charge is -2.18. The normalized spacial score (nSPS) is 11.7. The molecule has 0 radical (unpaired) electrons. The highest BCUT2D eigenvalue weighted by molar-refractivity contribution is 7.12. The van der Waals surface area contributed by atoms with Gasteiger partial charge in [0, 0.05) is 13.6 Å². The maximum absolute atomic E-state index is 12.1. The molecule has 2 N–H and O–H groups in total. The van der Waals surface area contributed by atoms with E-state index in [4.69, 9.17) is 4.74 Å². The van der Waals surface area contributed by atoms with Crippen molar-refractivity contribution in [1.29, 1.82) is 0 Å². The number of amides is 2. The number of hydrogen-bond acceptors (Lipinski definition) is 5. The lowest BCUT2D eigenvalue weighted by molar-refractivity contribution is -0.122. The highest BCUT2D eigenvalue weighted by atomic mass is 32.1. The van der Waals surface area contributed by atoms with E-state index in [9.17, 15) is 14.7 Å². The third kappa shape index (κ3) is 5.57. The molecule has 140 valence electrons. The number of aliphatic hydroxyl groups excluding tert-OH is 1. The Bertz CT molecular complexity index is 726. The Morgan fingerprint density at radius 2 is 1.92 bits per heavy atom. The van der Waals surface area contributed by atoms with Crippen molar-refractivity contribution in [2.45, 2.75) is 20.0 Å². The number of ether oxygens (including phenoxy) is 1. The van der Waals surface area contributed by atoms with Crippen LogP contribution >= 0.6 is 11.3 Å². The minimum Gasteiger partial charge on any atom is -0.490 e. The molecule has 0 aliphatic carbocycles. The quantitative estimate of drug-likeness (QED) is 0.739. The van der Waals surface area contributed by atoms with Crippen LogP contribution in [0.3, 0.4) is 0 Å². The molecule has 2 rings (SSSR count). The Hall–Kier alpha value is -2.38. The van der Waals surface area contributed by atoms with Crippen molar-refractivity contribution in [1.82, 2.24) is 10.2 Å². The summed E-state index contributed by atoms with van der Waals surface area (Å²) in [5, 5.41) is 14.4. The number of para-hydroxylation sites is 1. The molecule has 0 saturated heterocycles. The van der Waals surface area contributed by atoms with Crippen LogP contribution < -0.4 is 10.1 Å². The first kappa shape index (κ1) is 19.9. The molecule has 0 fully saturated rings. The average molecular weight is 376 g/mol. The SMILES string of the molecule is Cc1cccc(C)c1OCC(O)CNC(=O)CN(C)C(=O)c1cccs1. The molecule has 0 bridgehead atoms. The lowest BCUT2D eigenvalue weighted by Crippen LogP contribution is -2.42. The first-order valence-corrected chi connectivity index (χ1v) is 9.19. The zero-order valence-corrected chi connectivity index (χ0v) is 16.0. The molecular weight excluding hydrogens is 352 g/mol. The monoisotopic (exact) mass is 376 g/mol. The molecule has 1 aromatic heterocycles. The number of likely N-dealkylation sites (N-methyl/N-ethyl adjacent to an activating group) is 1. The van der Waals surface area contributed by atoms with Gasteiger partial charge in [-0.15, -0.1) is 11.3 Å². The molecule has 1 heterocycles. The minimum absolute atomic E-state index is 0.0603. The Morgan fingerprint density at radius 3 is 2.54 bits per heavy atom. The van der Waals surface area contributed by atoms with E-state index < -0.39 is 6.10 Å². The first-order valence-electron chi connectivity index (χ1n) is 8.31. The molecule has 7 heteroatoms. The maximum atomic E-state index is 12.1. The summed E-state index contributed by atoms with van der Waals surface area (Å²) in [5.41, 5.74) is 1.99. The van der Waals surface area contributed by atoms with Crippen molar-refractivity contribution >= 4 is 23.2 Å². The number of carbonyl (C=O) groups is 2. The molecular formula is C19H24N2O4S. The van der Waals surface area contributed by atoms with Crippen molar-refractivity contribution in [3.05, 3.63) is 51.7 Å². The summed E-state index contributed by atoms with van der Waals surface area (Å²) in [5.74, 6) is 0.219. The van der Waals surface area contributed by atoms with Gasteiger partial charge < -0.3 is 20.1 Å². The van der Waals surface area contributed by atoms with Crippen molar-refractivity contribution in [3.8, 4) is 5.75 Å². The Kier molecular flexibility index (Phi) is 7.17. The Balaban J connectivity index is 1.74. The van der Waals surface area contributed by atoms with Gasteiger partial charge in [-0.05, 0) is 36.4 Å². The number of aliphatic hydroxyl groups is 1. The van der Waals surface area contributed by atoms with Gasteiger partial charge in [0.15, 0.2) is 0 Å². The number of hydrogen-bond donors (Lipinski definition) is 2. The van der Waals surface area contributed by atoms with Gasteiger partial charge in [0.05, 0.1) is 11.4 Å². The van der Waals surface area contributed by atoms with Crippen LogP contribution in [-0.4, -0.2) is 54.7 Å². The van der Waals surface area contributed by atoms with Crippen LogP contribution in [0.15, 0.2) is 35.7 Å². The highest BCUT2D eigenvalue weighted by Gasteiger charge is 2.16. The number of benzene rings is 1. The number of carbonyl (C=O) groups excluding carboxylic acids is 2. The van der Waals surface area contributed by atoms with Gasteiger partial charge in [-0.25, -0.2) is 0 Å². The molecule has 1 aromatic carbocycles. The Labute approximate surface area is 157 Å². The van der Waals surface area contributed by atoms with Crippen molar-refractivity contribution in [2.24, 2.45) is 0 Å². The molecule has 2 aromatic rings. The second kappa shape index (κ2) is 9.35. The zero-order valence-electron chi connectivity index (χ0n) is 15.2. The summed E-state index contributed by atoms with van der Waals surface area (Å²) in [4.78, 5) is 26.0. The number of rotatable bonds is 8. The fourth-order valence-corrected chi connectivity index (χ4v) is 3.15. The standard InChI is InChI=1S/C19H24N2O4S/c1-13-6-4-7-14(2)18(13)25-12-15(22)10-20-17(23)11-21(3)19(24)16-8-5-9-26-16/h4-9,15,22H,10-12H2,1-3H3,(H,20,23). The van der Waals surface area contributed by atoms with E-state index in [-0.39, 0.29) is 31.5 Å². The van der Waals surface area contributed by atoms with Gasteiger partial charge in [-0.3, -0.25) is 9.59 Å². The fourth-order valence-electron chi connectivity index (χ4n) is 2.43. The average Bonchev–Trinajstić information content (AvgIpc) is 3.13.